The van der Waals surface area contributed by atoms with Crippen LogP contribution in [-0.2, 0) is 9.31 Å². The lowest BCUT2D eigenvalue weighted by molar-refractivity contribution is 0.0632. The van der Waals surface area contributed by atoms with Crippen LogP contribution < -0.4 is 0 Å². The van der Waals surface area contributed by atoms with Gasteiger partial charge in [0.15, 0.2) is 0 Å². The fraction of sp³-hybridized carbons (Fsp3) is 0. The zero-order chi connectivity index (χ0) is 13.5. The Kier molecular flexibility index (Phi) is 4.34. The van der Waals surface area contributed by atoms with E-state index in [1.807, 2.05) is 12.1 Å². The Morgan fingerprint density at radius 2 is 1.05 bits per heavy atom. The minimum absolute atomic E-state index is 0.446. The zero-order valence-electron chi connectivity index (χ0n) is 10.4. The summed E-state index contributed by atoms with van der Waals surface area (Å²) < 4.78 is 9.93. The fourth-order valence-corrected chi connectivity index (χ4v) is 1.58. The summed E-state index contributed by atoms with van der Waals surface area (Å²) >= 11 is 0. The Balaban J connectivity index is 1.81. The van der Waals surface area contributed by atoms with Crippen LogP contribution in [0.3, 0.4) is 0 Å². The van der Waals surface area contributed by atoms with E-state index in [0.717, 1.165) is 0 Å². The van der Waals surface area contributed by atoms with Crippen molar-refractivity contribution in [3.8, 4) is 0 Å². The minimum Gasteiger partial charge on any atom is -0.657 e. The van der Waals surface area contributed by atoms with Gasteiger partial charge in [-0.05, 0) is 24.3 Å². The van der Waals surface area contributed by atoms with E-state index in [-0.39, 0.29) is 0 Å². The molecule has 0 aliphatic heterocycles. The highest BCUT2D eigenvalue weighted by molar-refractivity contribution is 6.28. The zero-order valence-corrected chi connectivity index (χ0v) is 10.4. The molecule has 0 saturated carbocycles. The van der Waals surface area contributed by atoms with Gasteiger partial charge in [-0.2, -0.15) is 0 Å². The highest BCUT2D eigenvalue weighted by Crippen LogP contribution is 2.02. The molecule has 0 bridgehead atoms. The van der Waals surface area contributed by atoms with E-state index < -0.39 is 19.6 Å². The summed E-state index contributed by atoms with van der Waals surface area (Å²) in [7, 11) is -1.54. The first-order chi connectivity index (χ1) is 9.27. The summed E-state index contributed by atoms with van der Waals surface area (Å²) in [6.07, 6.45) is 0. The van der Waals surface area contributed by atoms with Crippen LogP contribution in [0.2, 0.25) is 0 Å². The predicted molar refractivity (Wildman–Crippen MR) is 72.3 cm³/mol. The SMILES string of the molecule is O=C(O[BH2-]OC(=O)c1ccccc1)c1ccccc1. The number of hydrogen-bond acceptors (Lipinski definition) is 4. The largest absolute Gasteiger partial charge is 0.657 e. The molecule has 0 heterocycles. The third-order valence-corrected chi connectivity index (χ3v) is 2.56. The van der Waals surface area contributed by atoms with Crippen LogP contribution in [0.5, 0.6) is 0 Å². The first-order valence-electron chi connectivity index (χ1n) is 5.95. The van der Waals surface area contributed by atoms with Gasteiger partial charge < -0.3 is 9.31 Å². The summed E-state index contributed by atoms with van der Waals surface area (Å²) in [6, 6.07) is 17.2. The maximum Gasteiger partial charge on any atom is 0.322 e. The van der Waals surface area contributed by atoms with Crippen molar-refractivity contribution in [2.75, 3.05) is 0 Å². The first-order valence-corrected chi connectivity index (χ1v) is 5.95. The maximum atomic E-state index is 11.6. The van der Waals surface area contributed by atoms with Crippen molar-refractivity contribution in [3.05, 3.63) is 71.8 Å². The molecule has 0 unspecified atom stereocenters. The van der Waals surface area contributed by atoms with Gasteiger partial charge in [-0.25, -0.2) is 0 Å². The molecule has 0 aromatic heterocycles. The van der Waals surface area contributed by atoms with E-state index in [2.05, 4.69) is 0 Å². The number of carbonyl (C=O) groups excluding carboxylic acids is 2. The van der Waals surface area contributed by atoms with Crippen LogP contribution in [0.15, 0.2) is 60.7 Å². The normalized spacial score (nSPS) is 9.68. The van der Waals surface area contributed by atoms with Crippen LogP contribution in [-0.4, -0.2) is 19.6 Å². The van der Waals surface area contributed by atoms with E-state index in [1.54, 1.807) is 48.5 Å². The van der Waals surface area contributed by atoms with E-state index >= 15 is 0 Å². The molecule has 0 saturated heterocycles. The minimum atomic E-state index is -1.54. The molecule has 4 nitrogen and oxygen atoms in total. The number of carbonyl (C=O) groups is 2. The molecule has 2 aromatic carbocycles. The van der Waals surface area contributed by atoms with Gasteiger partial charge in [0.1, 0.15) is 0 Å². The molecule has 2 aromatic rings. The Morgan fingerprint density at radius 1 is 0.684 bits per heavy atom. The van der Waals surface area contributed by atoms with E-state index in [1.165, 1.54) is 0 Å². The molecule has 19 heavy (non-hydrogen) atoms. The topological polar surface area (TPSA) is 52.6 Å². The third-order valence-electron chi connectivity index (χ3n) is 2.56. The Morgan fingerprint density at radius 3 is 1.42 bits per heavy atom. The van der Waals surface area contributed by atoms with Crippen molar-refractivity contribution in [3.63, 3.8) is 0 Å². The van der Waals surface area contributed by atoms with Crippen molar-refractivity contribution < 1.29 is 18.9 Å². The van der Waals surface area contributed by atoms with E-state index in [4.69, 9.17) is 9.31 Å². The lowest BCUT2D eigenvalue weighted by Gasteiger charge is -2.15. The lowest BCUT2D eigenvalue weighted by Crippen LogP contribution is -2.16. The Labute approximate surface area is 111 Å². The van der Waals surface area contributed by atoms with Crippen molar-refractivity contribution in [1.29, 1.82) is 0 Å². The van der Waals surface area contributed by atoms with Crippen molar-refractivity contribution in [2.45, 2.75) is 0 Å². The van der Waals surface area contributed by atoms with Gasteiger partial charge in [-0.1, -0.05) is 36.4 Å². The highest BCUT2D eigenvalue weighted by atomic mass is 16.6. The number of rotatable bonds is 4. The lowest BCUT2D eigenvalue weighted by atomic mass is 10.2. The number of benzene rings is 2. The van der Waals surface area contributed by atoms with Crippen LogP contribution in [0, 0.1) is 0 Å². The van der Waals surface area contributed by atoms with Crippen LogP contribution >= 0.6 is 0 Å². The molecule has 0 atom stereocenters. The molecule has 2 rings (SSSR count). The third kappa shape index (κ3) is 3.71. The van der Waals surface area contributed by atoms with Crippen molar-refractivity contribution in [2.24, 2.45) is 0 Å². The predicted octanol–water partition coefficient (Wildman–Crippen LogP) is 1.70. The average molecular weight is 255 g/mol. The molecule has 0 aliphatic rings. The Bertz CT molecular complexity index is 503. The molecule has 0 N–H and O–H groups in total. The van der Waals surface area contributed by atoms with Gasteiger partial charge in [0.25, 0.3) is 11.9 Å². The van der Waals surface area contributed by atoms with Gasteiger partial charge in [0, 0.05) is 0 Å². The van der Waals surface area contributed by atoms with Crippen molar-refractivity contribution in [1.82, 2.24) is 0 Å². The molecule has 0 amide bonds. The molecular weight excluding hydrogens is 243 g/mol. The highest BCUT2D eigenvalue weighted by Gasteiger charge is 2.04. The van der Waals surface area contributed by atoms with Crippen LogP contribution in [0.1, 0.15) is 20.7 Å². The van der Waals surface area contributed by atoms with E-state index in [9.17, 15) is 9.59 Å². The first kappa shape index (κ1) is 12.9. The quantitative estimate of drug-likeness (QED) is 0.780. The van der Waals surface area contributed by atoms with Gasteiger partial charge in [0.05, 0.1) is 11.1 Å². The molecule has 5 heteroatoms. The maximum absolute atomic E-state index is 11.6. The number of hydrogen-bond donors (Lipinski definition) is 0. The summed E-state index contributed by atoms with van der Waals surface area (Å²) in [5.41, 5.74) is 0.893. The van der Waals surface area contributed by atoms with Crippen LogP contribution in [0.25, 0.3) is 0 Å². The van der Waals surface area contributed by atoms with Crippen LogP contribution in [0.4, 0.5) is 0 Å². The molecule has 0 aliphatic carbocycles. The van der Waals surface area contributed by atoms with E-state index in [0.29, 0.717) is 11.1 Å². The second-order valence-corrected chi connectivity index (χ2v) is 3.88. The molecule has 96 valence electrons. The second kappa shape index (κ2) is 6.40. The summed E-state index contributed by atoms with van der Waals surface area (Å²) in [5.74, 6) is -0.942. The summed E-state index contributed by atoms with van der Waals surface area (Å²) in [5, 5.41) is 0. The standard InChI is InChI=1S/C14H12BO4/c16-13(11-7-3-1-4-8-11)18-15-19-14(17)12-9-5-2-6-10-12/h1-10H,15H2/q-1. The monoisotopic (exact) mass is 255 g/mol. The van der Waals surface area contributed by atoms with Gasteiger partial charge in [-0.15, -0.1) is 0 Å². The van der Waals surface area contributed by atoms with Gasteiger partial charge in [-0.3, -0.25) is 9.59 Å². The Hall–Kier alpha value is -2.56. The second-order valence-electron chi connectivity index (χ2n) is 3.88. The summed E-state index contributed by atoms with van der Waals surface area (Å²) in [4.78, 5) is 23.2. The molecule has 0 spiro atoms. The molecule has 0 radical (unpaired) electrons. The van der Waals surface area contributed by atoms with Gasteiger partial charge >= 0.3 is 7.69 Å². The summed E-state index contributed by atoms with van der Waals surface area (Å²) in [6.45, 7) is 0. The molecule has 0 fully saturated rings. The smallest absolute Gasteiger partial charge is 0.322 e. The molecular formula is C14H12BO4-. The van der Waals surface area contributed by atoms with Gasteiger partial charge in [0.2, 0.25) is 0 Å². The fourth-order valence-electron chi connectivity index (χ4n) is 1.58. The average Bonchev–Trinajstić information content (AvgIpc) is 2.49. The van der Waals surface area contributed by atoms with Crippen molar-refractivity contribution >= 4 is 19.6 Å².